The lowest BCUT2D eigenvalue weighted by Crippen LogP contribution is -2.25. The zero-order valence-corrected chi connectivity index (χ0v) is 19.8. The molecule has 2 aliphatic rings. The van der Waals surface area contributed by atoms with Crippen LogP contribution in [0.1, 0.15) is 68.9 Å². The highest BCUT2D eigenvalue weighted by molar-refractivity contribution is 5.92. The molecule has 0 spiro atoms. The van der Waals surface area contributed by atoms with Crippen molar-refractivity contribution in [1.29, 1.82) is 0 Å². The van der Waals surface area contributed by atoms with E-state index in [1.807, 2.05) is 18.3 Å². The number of nitrogens with one attached hydrogen (secondary N) is 2. The molecule has 5 heteroatoms. The number of carbonyl (C=O) groups excluding carboxylic acids is 1. The standard InChI is InChI=1S/C29H32N4O/c1-2-27(21-10-12-22(13-11-21)29(34)33-26-7-4-16-30-19-26)23-5-3-6-25(17-23)32-28-15-14-24(18-31-28)20-8-9-20/h3-7,14-20,22H,2,8-13H2,1H3,(H,31,32)(H,33,34). The van der Waals surface area contributed by atoms with Crippen LogP contribution in [0.3, 0.4) is 0 Å². The molecule has 5 rings (SSSR count). The monoisotopic (exact) mass is 452 g/mol. The van der Waals surface area contributed by atoms with Crippen LogP contribution in [0.25, 0.3) is 5.57 Å². The lowest BCUT2D eigenvalue weighted by Gasteiger charge is -2.25. The van der Waals surface area contributed by atoms with Crippen molar-refractivity contribution >= 4 is 28.7 Å². The highest BCUT2D eigenvalue weighted by atomic mass is 16.1. The molecule has 2 aliphatic carbocycles. The van der Waals surface area contributed by atoms with Gasteiger partial charge in [0.05, 0.1) is 11.9 Å². The fourth-order valence-corrected chi connectivity index (χ4v) is 4.94. The van der Waals surface area contributed by atoms with E-state index in [2.05, 4.69) is 63.9 Å². The number of allylic oxidation sites excluding steroid dienone is 2. The van der Waals surface area contributed by atoms with E-state index in [0.717, 1.165) is 55.2 Å². The molecule has 0 atom stereocenters. The first-order chi connectivity index (χ1) is 16.7. The average molecular weight is 453 g/mol. The summed E-state index contributed by atoms with van der Waals surface area (Å²) in [5.74, 6) is 1.77. The van der Waals surface area contributed by atoms with E-state index in [4.69, 9.17) is 0 Å². The molecule has 2 N–H and O–H groups in total. The van der Waals surface area contributed by atoms with Crippen LogP contribution in [-0.2, 0) is 4.79 Å². The molecule has 174 valence electrons. The second kappa shape index (κ2) is 10.2. The lowest BCUT2D eigenvalue weighted by atomic mass is 9.81. The van der Waals surface area contributed by atoms with Crippen molar-refractivity contribution in [3.05, 3.63) is 83.8 Å². The van der Waals surface area contributed by atoms with Gasteiger partial charge in [0.2, 0.25) is 5.91 Å². The minimum Gasteiger partial charge on any atom is -0.340 e. The summed E-state index contributed by atoms with van der Waals surface area (Å²) in [7, 11) is 0. The number of rotatable bonds is 7. The minimum atomic E-state index is 0.0553. The van der Waals surface area contributed by atoms with Crippen LogP contribution in [0.4, 0.5) is 17.2 Å². The molecular formula is C29H32N4O. The first-order valence-electron chi connectivity index (χ1n) is 12.4. The number of amides is 1. The maximum Gasteiger partial charge on any atom is 0.227 e. The summed E-state index contributed by atoms with van der Waals surface area (Å²) in [4.78, 5) is 21.4. The second-order valence-corrected chi connectivity index (χ2v) is 9.40. The number of pyridine rings is 2. The van der Waals surface area contributed by atoms with E-state index >= 15 is 0 Å². The van der Waals surface area contributed by atoms with Gasteiger partial charge in [0.1, 0.15) is 5.82 Å². The van der Waals surface area contributed by atoms with Gasteiger partial charge in [-0.3, -0.25) is 9.78 Å². The van der Waals surface area contributed by atoms with Crippen molar-refractivity contribution in [3.63, 3.8) is 0 Å². The van der Waals surface area contributed by atoms with Crippen LogP contribution in [0, 0.1) is 5.92 Å². The zero-order chi connectivity index (χ0) is 23.3. The Morgan fingerprint density at radius 2 is 1.79 bits per heavy atom. The van der Waals surface area contributed by atoms with Gasteiger partial charge in [-0.1, -0.05) is 30.7 Å². The largest absolute Gasteiger partial charge is 0.340 e. The van der Waals surface area contributed by atoms with Gasteiger partial charge in [-0.2, -0.15) is 0 Å². The maximum atomic E-state index is 12.7. The molecule has 2 aromatic heterocycles. The van der Waals surface area contributed by atoms with Gasteiger partial charge in [-0.25, -0.2) is 4.98 Å². The van der Waals surface area contributed by atoms with E-state index in [-0.39, 0.29) is 11.8 Å². The molecular weight excluding hydrogens is 420 g/mol. The van der Waals surface area contributed by atoms with Crippen LogP contribution in [0.5, 0.6) is 0 Å². The van der Waals surface area contributed by atoms with Crippen LogP contribution in [0.15, 0.2) is 72.7 Å². The average Bonchev–Trinajstić information content (AvgIpc) is 3.72. The van der Waals surface area contributed by atoms with Crippen molar-refractivity contribution < 1.29 is 4.79 Å². The van der Waals surface area contributed by atoms with E-state index in [1.165, 1.54) is 35.1 Å². The first kappa shape index (κ1) is 22.3. The molecule has 0 aliphatic heterocycles. The molecule has 3 aromatic rings. The number of anilines is 3. The predicted octanol–water partition coefficient (Wildman–Crippen LogP) is 7.09. The van der Waals surface area contributed by atoms with Crippen molar-refractivity contribution in [2.45, 2.75) is 57.8 Å². The van der Waals surface area contributed by atoms with Crippen LogP contribution in [-0.4, -0.2) is 15.9 Å². The van der Waals surface area contributed by atoms with Crippen molar-refractivity contribution in [2.24, 2.45) is 5.92 Å². The second-order valence-electron chi connectivity index (χ2n) is 9.40. The fourth-order valence-electron chi connectivity index (χ4n) is 4.94. The summed E-state index contributed by atoms with van der Waals surface area (Å²) in [6.07, 6.45) is 12.7. The third-order valence-corrected chi connectivity index (χ3v) is 6.99. The molecule has 5 nitrogen and oxygen atoms in total. The lowest BCUT2D eigenvalue weighted by molar-refractivity contribution is -0.120. The number of aromatic nitrogens is 2. The zero-order valence-electron chi connectivity index (χ0n) is 19.8. The smallest absolute Gasteiger partial charge is 0.227 e. The number of benzene rings is 1. The Labute approximate surface area is 201 Å². The first-order valence-corrected chi connectivity index (χ1v) is 12.4. The highest BCUT2D eigenvalue weighted by Gasteiger charge is 2.25. The Bertz CT molecular complexity index is 1160. The van der Waals surface area contributed by atoms with E-state index in [0.29, 0.717) is 0 Å². The predicted molar refractivity (Wildman–Crippen MR) is 138 cm³/mol. The summed E-state index contributed by atoms with van der Waals surface area (Å²) >= 11 is 0. The van der Waals surface area contributed by atoms with Crippen molar-refractivity contribution in [3.8, 4) is 0 Å². The van der Waals surface area contributed by atoms with Crippen molar-refractivity contribution in [1.82, 2.24) is 9.97 Å². The van der Waals surface area contributed by atoms with Gasteiger partial charge in [0.15, 0.2) is 0 Å². The van der Waals surface area contributed by atoms with Crippen LogP contribution in [0.2, 0.25) is 0 Å². The third kappa shape index (κ3) is 5.36. The molecule has 34 heavy (non-hydrogen) atoms. The molecule has 0 saturated heterocycles. The Kier molecular flexibility index (Phi) is 6.70. The summed E-state index contributed by atoms with van der Waals surface area (Å²) < 4.78 is 0. The van der Waals surface area contributed by atoms with Gasteiger partial charge >= 0.3 is 0 Å². The Morgan fingerprint density at radius 1 is 0.971 bits per heavy atom. The van der Waals surface area contributed by atoms with E-state index < -0.39 is 0 Å². The molecule has 1 amide bonds. The summed E-state index contributed by atoms with van der Waals surface area (Å²) in [5.41, 5.74) is 7.32. The normalized spacial score (nSPS) is 17.8. The van der Waals surface area contributed by atoms with Crippen molar-refractivity contribution in [2.75, 3.05) is 10.6 Å². The van der Waals surface area contributed by atoms with Gasteiger partial charge < -0.3 is 10.6 Å². The number of hydrogen-bond acceptors (Lipinski definition) is 4. The molecule has 0 bridgehead atoms. The van der Waals surface area contributed by atoms with E-state index in [1.54, 1.807) is 12.4 Å². The minimum absolute atomic E-state index is 0.0553. The summed E-state index contributed by atoms with van der Waals surface area (Å²) in [6, 6.07) is 16.6. The molecule has 0 unspecified atom stereocenters. The Morgan fingerprint density at radius 3 is 2.47 bits per heavy atom. The van der Waals surface area contributed by atoms with Gasteiger partial charge in [-0.05, 0) is 97.9 Å². The molecule has 2 saturated carbocycles. The SMILES string of the molecule is CCC(=C1CCC(C(=O)Nc2cccnc2)CC1)c1cccc(Nc2ccc(C3CC3)cn2)c1. The molecule has 2 fully saturated rings. The fraction of sp³-hybridized carbons (Fsp3) is 0.345. The van der Waals surface area contributed by atoms with Crippen LogP contribution < -0.4 is 10.6 Å². The quantitative estimate of drug-likeness (QED) is 0.401. The maximum absolute atomic E-state index is 12.7. The molecule has 2 heterocycles. The third-order valence-electron chi connectivity index (χ3n) is 6.99. The number of nitrogens with zero attached hydrogens (tertiary/aromatic N) is 2. The molecule has 1 aromatic carbocycles. The van der Waals surface area contributed by atoms with Gasteiger partial charge in [0, 0.05) is 24.0 Å². The summed E-state index contributed by atoms with van der Waals surface area (Å²) in [5, 5.41) is 6.48. The van der Waals surface area contributed by atoms with Crippen LogP contribution >= 0.6 is 0 Å². The highest BCUT2D eigenvalue weighted by Crippen LogP contribution is 2.40. The Hall–Kier alpha value is -3.47. The van der Waals surface area contributed by atoms with E-state index in [9.17, 15) is 4.79 Å². The number of hydrogen-bond donors (Lipinski definition) is 2. The van der Waals surface area contributed by atoms with Gasteiger partial charge in [-0.15, -0.1) is 0 Å². The van der Waals surface area contributed by atoms with Gasteiger partial charge in [0.25, 0.3) is 0 Å². The summed E-state index contributed by atoms with van der Waals surface area (Å²) in [6.45, 7) is 2.22. The number of carbonyl (C=O) groups is 1. The Balaban J connectivity index is 1.24. The molecule has 0 radical (unpaired) electrons. The topological polar surface area (TPSA) is 66.9 Å².